The molecule has 0 bridgehead atoms. The van der Waals surface area contributed by atoms with Crippen molar-refractivity contribution in [2.24, 2.45) is 5.73 Å². The molecule has 1 rings (SSSR count). The van der Waals surface area contributed by atoms with E-state index in [1.807, 2.05) is 19.1 Å². The highest BCUT2D eigenvalue weighted by atomic mass is 35.5. The van der Waals surface area contributed by atoms with E-state index in [1.54, 1.807) is 12.1 Å². The van der Waals surface area contributed by atoms with E-state index in [2.05, 4.69) is 5.32 Å². The van der Waals surface area contributed by atoms with Crippen LogP contribution < -0.4 is 11.1 Å². The molecule has 1 atom stereocenters. The molecule has 1 aromatic rings. The van der Waals surface area contributed by atoms with Crippen LogP contribution in [-0.2, 0) is 4.79 Å². The molecule has 0 radical (unpaired) electrons. The van der Waals surface area contributed by atoms with Crippen molar-refractivity contribution in [3.8, 4) is 0 Å². The quantitative estimate of drug-likeness (QED) is 0.554. The second kappa shape index (κ2) is 5.51. The van der Waals surface area contributed by atoms with Gasteiger partial charge in [-0.25, -0.2) is 0 Å². The summed E-state index contributed by atoms with van der Waals surface area (Å²) in [5, 5.41) is 10.4. The van der Waals surface area contributed by atoms with Crippen LogP contribution in [0.3, 0.4) is 0 Å². The molecule has 0 aromatic heterocycles. The van der Waals surface area contributed by atoms with Gasteiger partial charge in [-0.05, 0) is 24.6 Å². The molecule has 0 heterocycles. The van der Waals surface area contributed by atoms with Crippen LogP contribution in [0.2, 0.25) is 5.02 Å². The molecule has 0 fully saturated rings. The Morgan fingerprint density at radius 1 is 1.50 bits per heavy atom. The molecule has 1 aromatic carbocycles. The van der Waals surface area contributed by atoms with Gasteiger partial charge in [0.15, 0.2) is 0 Å². The van der Waals surface area contributed by atoms with Crippen LogP contribution in [0, 0.1) is 5.41 Å². The minimum Gasteiger partial charge on any atom is -0.387 e. The molecule has 1 unspecified atom stereocenters. The molecule has 4 N–H and O–H groups in total. The fraction of sp³-hybridized carbons (Fsp3) is 0.273. The Hall–Kier alpha value is -1.55. The fourth-order valence-electron chi connectivity index (χ4n) is 1.30. The number of rotatable bonds is 4. The Morgan fingerprint density at radius 2 is 2.06 bits per heavy atom. The number of nitrogens with one attached hydrogen (secondary N) is 2. The lowest BCUT2D eigenvalue weighted by molar-refractivity contribution is -0.120. The summed E-state index contributed by atoms with van der Waals surface area (Å²) in [4.78, 5) is 11.3. The average Bonchev–Trinajstić information content (AvgIpc) is 2.16. The van der Waals surface area contributed by atoms with Crippen molar-refractivity contribution in [3.63, 3.8) is 0 Å². The molecular formula is C11H14ClN3O. The maximum atomic E-state index is 11.3. The zero-order valence-corrected chi connectivity index (χ0v) is 9.71. The highest BCUT2D eigenvalue weighted by molar-refractivity contribution is 6.30. The Kier molecular flexibility index (Phi) is 4.31. The van der Waals surface area contributed by atoms with E-state index < -0.39 is 0 Å². The van der Waals surface area contributed by atoms with E-state index in [0.29, 0.717) is 5.02 Å². The first-order valence-corrected chi connectivity index (χ1v) is 5.24. The number of amidine groups is 1. The second-order valence-corrected chi connectivity index (χ2v) is 3.98. The van der Waals surface area contributed by atoms with Gasteiger partial charge in [0, 0.05) is 5.02 Å². The van der Waals surface area contributed by atoms with Crippen molar-refractivity contribution in [1.82, 2.24) is 5.32 Å². The van der Waals surface area contributed by atoms with Crippen LogP contribution in [0.1, 0.15) is 24.9 Å². The molecule has 4 nitrogen and oxygen atoms in total. The van der Waals surface area contributed by atoms with Crippen LogP contribution in [0.15, 0.2) is 24.3 Å². The van der Waals surface area contributed by atoms with E-state index in [1.165, 1.54) is 0 Å². The van der Waals surface area contributed by atoms with E-state index >= 15 is 0 Å². The van der Waals surface area contributed by atoms with Crippen molar-refractivity contribution in [3.05, 3.63) is 34.9 Å². The molecule has 86 valence electrons. The molecule has 16 heavy (non-hydrogen) atoms. The minimum absolute atomic E-state index is 0.0715. The number of benzene rings is 1. The Labute approximate surface area is 99.3 Å². The summed E-state index contributed by atoms with van der Waals surface area (Å²) in [5.74, 6) is -0.393. The summed E-state index contributed by atoms with van der Waals surface area (Å²) < 4.78 is 0. The van der Waals surface area contributed by atoms with Gasteiger partial charge in [-0.3, -0.25) is 10.2 Å². The summed E-state index contributed by atoms with van der Waals surface area (Å²) >= 11 is 5.76. The summed E-state index contributed by atoms with van der Waals surface area (Å²) in [7, 11) is 0. The zero-order chi connectivity index (χ0) is 12.1. The standard InChI is InChI=1S/C11H14ClN3O/c1-7(15-11(16)6-10(13)14)8-2-4-9(12)5-3-8/h2-5,7H,6H2,1H3,(H3,13,14)(H,15,16). The molecule has 1 amide bonds. The van der Waals surface area contributed by atoms with Crippen molar-refractivity contribution < 1.29 is 4.79 Å². The SMILES string of the molecule is CC(NC(=O)CC(=N)N)c1ccc(Cl)cc1. The number of hydrogen-bond donors (Lipinski definition) is 3. The number of amides is 1. The minimum atomic E-state index is -0.255. The predicted molar refractivity (Wildman–Crippen MR) is 64.5 cm³/mol. The van der Waals surface area contributed by atoms with Gasteiger partial charge >= 0.3 is 0 Å². The largest absolute Gasteiger partial charge is 0.387 e. The number of carbonyl (C=O) groups is 1. The van der Waals surface area contributed by atoms with Gasteiger partial charge in [0.05, 0.1) is 18.3 Å². The highest BCUT2D eigenvalue weighted by Crippen LogP contribution is 2.15. The van der Waals surface area contributed by atoms with Gasteiger partial charge in [0.1, 0.15) is 0 Å². The van der Waals surface area contributed by atoms with E-state index in [-0.39, 0.29) is 24.2 Å². The number of hydrogen-bond acceptors (Lipinski definition) is 2. The maximum absolute atomic E-state index is 11.3. The molecule has 0 saturated heterocycles. The molecule has 0 spiro atoms. The third kappa shape index (κ3) is 3.90. The lowest BCUT2D eigenvalue weighted by Crippen LogP contribution is -2.30. The van der Waals surface area contributed by atoms with Crippen LogP contribution in [0.4, 0.5) is 0 Å². The average molecular weight is 240 g/mol. The second-order valence-electron chi connectivity index (χ2n) is 3.54. The van der Waals surface area contributed by atoms with Crippen molar-refractivity contribution >= 4 is 23.3 Å². The van der Waals surface area contributed by atoms with Crippen LogP contribution in [-0.4, -0.2) is 11.7 Å². The Balaban J connectivity index is 2.58. The third-order valence-corrected chi connectivity index (χ3v) is 2.35. The third-order valence-electron chi connectivity index (χ3n) is 2.10. The highest BCUT2D eigenvalue weighted by Gasteiger charge is 2.09. The lowest BCUT2D eigenvalue weighted by Gasteiger charge is -2.14. The summed E-state index contributed by atoms with van der Waals surface area (Å²) in [6, 6.07) is 7.11. The topological polar surface area (TPSA) is 79.0 Å². The van der Waals surface area contributed by atoms with Crippen LogP contribution in [0.5, 0.6) is 0 Å². The zero-order valence-electron chi connectivity index (χ0n) is 8.96. The number of halogens is 1. The summed E-state index contributed by atoms with van der Waals surface area (Å²) in [6.45, 7) is 1.86. The number of carbonyl (C=O) groups excluding carboxylic acids is 1. The predicted octanol–water partition coefficient (Wildman–Crippen LogP) is 1.84. The monoisotopic (exact) mass is 239 g/mol. The van der Waals surface area contributed by atoms with Gasteiger partial charge in [0.25, 0.3) is 0 Å². The Morgan fingerprint density at radius 3 is 2.56 bits per heavy atom. The van der Waals surface area contributed by atoms with Crippen LogP contribution >= 0.6 is 11.6 Å². The van der Waals surface area contributed by atoms with Gasteiger partial charge in [-0.15, -0.1) is 0 Å². The normalized spacial score (nSPS) is 11.9. The number of nitrogens with two attached hydrogens (primary N) is 1. The summed E-state index contributed by atoms with van der Waals surface area (Å²) in [6.07, 6.45) is -0.0715. The van der Waals surface area contributed by atoms with Crippen LogP contribution in [0.25, 0.3) is 0 Å². The molecule has 5 heteroatoms. The van der Waals surface area contributed by atoms with Gasteiger partial charge < -0.3 is 11.1 Å². The molecule has 0 aliphatic rings. The lowest BCUT2D eigenvalue weighted by atomic mass is 10.1. The molecule has 0 aliphatic carbocycles. The van der Waals surface area contributed by atoms with Crippen molar-refractivity contribution in [1.29, 1.82) is 5.41 Å². The fourth-order valence-corrected chi connectivity index (χ4v) is 1.43. The van der Waals surface area contributed by atoms with E-state index in [0.717, 1.165) is 5.56 Å². The van der Waals surface area contributed by atoms with Gasteiger partial charge in [-0.2, -0.15) is 0 Å². The molecule has 0 saturated carbocycles. The smallest absolute Gasteiger partial charge is 0.228 e. The molecule has 0 aliphatic heterocycles. The van der Waals surface area contributed by atoms with Crippen molar-refractivity contribution in [2.45, 2.75) is 19.4 Å². The Bertz CT molecular complexity index is 389. The van der Waals surface area contributed by atoms with Gasteiger partial charge in [-0.1, -0.05) is 23.7 Å². The van der Waals surface area contributed by atoms with E-state index in [9.17, 15) is 4.79 Å². The first-order valence-electron chi connectivity index (χ1n) is 4.86. The summed E-state index contributed by atoms with van der Waals surface area (Å²) in [5.41, 5.74) is 6.09. The maximum Gasteiger partial charge on any atom is 0.228 e. The molecular weight excluding hydrogens is 226 g/mol. The van der Waals surface area contributed by atoms with Gasteiger partial charge in [0.2, 0.25) is 5.91 Å². The first-order chi connectivity index (χ1) is 7.49. The first kappa shape index (κ1) is 12.5. The van der Waals surface area contributed by atoms with E-state index in [4.69, 9.17) is 22.7 Å². The van der Waals surface area contributed by atoms with Crippen molar-refractivity contribution in [2.75, 3.05) is 0 Å².